The number of sulfonamides is 1. The van der Waals surface area contributed by atoms with Crippen LogP contribution in [0.5, 0.6) is 5.75 Å². The number of piperidine rings is 1. The van der Waals surface area contributed by atoms with Crippen LogP contribution in [0.25, 0.3) is 0 Å². The number of benzene rings is 2. The largest absolute Gasteiger partial charge is 0.497 e. The van der Waals surface area contributed by atoms with E-state index in [-0.39, 0.29) is 28.6 Å². The molecule has 1 saturated heterocycles. The molecule has 1 unspecified atom stereocenters. The second-order valence-electron chi connectivity index (χ2n) is 7.73. The lowest BCUT2D eigenvalue weighted by Gasteiger charge is -2.35. The number of likely N-dealkylation sites (tertiary alicyclic amines) is 1. The van der Waals surface area contributed by atoms with Gasteiger partial charge in [0.05, 0.1) is 23.1 Å². The zero-order chi connectivity index (χ0) is 22.0. The first kappa shape index (κ1) is 21.5. The van der Waals surface area contributed by atoms with Gasteiger partial charge in [-0.2, -0.15) is 0 Å². The molecule has 0 spiro atoms. The van der Waals surface area contributed by atoms with Gasteiger partial charge in [0.15, 0.2) is 0 Å². The van der Waals surface area contributed by atoms with Crippen LogP contribution in [0.4, 0.5) is 0 Å². The van der Waals surface area contributed by atoms with E-state index in [2.05, 4.69) is 14.9 Å². The highest BCUT2D eigenvalue weighted by Crippen LogP contribution is 2.27. The van der Waals surface area contributed by atoms with Gasteiger partial charge >= 0.3 is 0 Å². The van der Waals surface area contributed by atoms with Crippen LogP contribution < -0.4 is 14.8 Å². The van der Waals surface area contributed by atoms with E-state index >= 15 is 0 Å². The molecule has 0 aromatic heterocycles. The number of rotatable bonds is 7. The molecule has 0 aliphatic carbocycles. The molecular formula is C22H25N3O5S. The molecule has 2 heterocycles. The molecule has 2 aromatic rings. The van der Waals surface area contributed by atoms with Crippen LogP contribution in [0.2, 0.25) is 0 Å². The minimum Gasteiger partial charge on any atom is -0.497 e. The Morgan fingerprint density at radius 2 is 1.68 bits per heavy atom. The molecule has 164 valence electrons. The van der Waals surface area contributed by atoms with Crippen LogP contribution in [0.3, 0.4) is 0 Å². The number of fused-ring (bicyclic) bond motifs is 1. The van der Waals surface area contributed by atoms with Gasteiger partial charge in [-0.1, -0.05) is 18.6 Å². The number of carbonyl (C=O) groups is 2. The van der Waals surface area contributed by atoms with E-state index in [0.29, 0.717) is 0 Å². The zero-order valence-electron chi connectivity index (χ0n) is 17.3. The van der Waals surface area contributed by atoms with Crippen LogP contribution in [-0.2, 0) is 10.0 Å². The monoisotopic (exact) mass is 443 g/mol. The summed E-state index contributed by atoms with van der Waals surface area (Å²) in [6, 6.07) is 11.5. The Kier molecular flexibility index (Phi) is 6.08. The fraction of sp³-hybridized carbons (Fsp3) is 0.364. The fourth-order valence-electron chi connectivity index (χ4n) is 4.10. The van der Waals surface area contributed by atoms with Gasteiger partial charge in [-0.3, -0.25) is 19.8 Å². The van der Waals surface area contributed by atoms with Crippen molar-refractivity contribution in [1.29, 1.82) is 0 Å². The Labute approximate surface area is 181 Å². The van der Waals surface area contributed by atoms with Crippen molar-refractivity contribution in [3.05, 3.63) is 59.2 Å². The van der Waals surface area contributed by atoms with Crippen LogP contribution in [-0.4, -0.2) is 51.9 Å². The van der Waals surface area contributed by atoms with E-state index in [4.69, 9.17) is 4.74 Å². The van der Waals surface area contributed by atoms with Crippen LogP contribution >= 0.6 is 0 Å². The van der Waals surface area contributed by atoms with E-state index in [9.17, 15) is 18.0 Å². The molecule has 9 heteroatoms. The maximum Gasteiger partial charge on any atom is 0.258 e. The molecule has 2 aromatic carbocycles. The van der Waals surface area contributed by atoms with Crippen LogP contribution in [0, 0.1) is 0 Å². The number of carbonyl (C=O) groups excluding carboxylic acids is 2. The van der Waals surface area contributed by atoms with E-state index in [1.54, 1.807) is 7.11 Å². The Morgan fingerprint density at radius 1 is 1.00 bits per heavy atom. The van der Waals surface area contributed by atoms with Crippen molar-refractivity contribution in [2.24, 2.45) is 0 Å². The Hall–Kier alpha value is -2.75. The number of methoxy groups -OCH3 is 1. The molecule has 2 N–H and O–H groups in total. The van der Waals surface area contributed by atoms with Crippen LogP contribution in [0.1, 0.15) is 51.6 Å². The van der Waals surface area contributed by atoms with Crippen molar-refractivity contribution in [2.75, 3.05) is 26.7 Å². The summed E-state index contributed by atoms with van der Waals surface area (Å²) in [5, 5.41) is 2.17. The highest BCUT2D eigenvalue weighted by atomic mass is 32.2. The summed E-state index contributed by atoms with van der Waals surface area (Å²) in [7, 11) is -2.26. The van der Waals surface area contributed by atoms with Gasteiger partial charge < -0.3 is 4.74 Å². The molecule has 2 aliphatic rings. The summed E-state index contributed by atoms with van der Waals surface area (Å²) >= 11 is 0. The van der Waals surface area contributed by atoms with Crippen molar-refractivity contribution in [1.82, 2.24) is 14.9 Å². The highest BCUT2D eigenvalue weighted by Gasteiger charge is 2.30. The van der Waals surface area contributed by atoms with Gasteiger partial charge in [-0.05, 0) is 61.8 Å². The average molecular weight is 444 g/mol. The normalized spacial score (nSPS) is 17.8. The topological polar surface area (TPSA) is 105 Å². The van der Waals surface area contributed by atoms with Crippen molar-refractivity contribution in [3.8, 4) is 5.75 Å². The van der Waals surface area contributed by atoms with Crippen molar-refractivity contribution in [2.45, 2.75) is 30.2 Å². The second kappa shape index (κ2) is 8.78. The Balaban J connectivity index is 1.56. The van der Waals surface area contributed by atoms with Gasteiger partial charge in [0, 0.05) is 12.6 Å². The minimum absolute atomic E-state index is 0.0387. The molecule has 2 amide bonds. The van der Waals surface area contributed by atoms with Crippen molar-refractivity contribution in [3.63, 3.8) is 0 Å². The summed E-state index contributed by atoms with van der Waals surface area (Å²) in [5.41, 5.74) is 1.27. The third-order valence-corrected chi connectivity index (χ3v) is 7.24. The Morgan fingerprint density at radius 3 is 2.35 bits per heavy atom. The molecule has 4 rings (SSSR count). The summed E-state index contributed by atoms with van der Waals surface area (Å²) in [6.45, 7) is 2.00. The first-order valence-electron chi connectivity index (χ1n) is 10.3. The summed E-state index contributed by atoms with van der Waals surface area (Å²) in [5.74, 6) is -0.351. The standard InChI is InChI=1S/C22H25N3O5S/c1-30-16-7-5-15(6-8-16)20(25-11-3-2-4-12-25)14-23-31(28,29)17-9-10-18-19(13-17)22(27)24-21(18)26/h5-10,13,20,23H,2-4,11-12,14H2,1H3,(H,24,26,27). The molecule has 2 aliphatic heterocycles. The van der Waals surface area contributed by atoms with Crippen LogP contribution in [0.15, 0.2) is 47.4 Å². The highest BCUT2D eigenvalue weighted by molar-refractivity contribution is 7.89. The van der Waals surface area contributed by atoms with E-state index < -0.39 is 21.8 Å². The summed E-state index contributed by atoms with van der Waals surface area (Å²) < 4.78 is 33.9. The average Bonchev–Trinajstić information content (AvgIpc) is 3.08. The summed E-state index contributed by atoms with van der Waals surface area (Å²) in [4.78, 5) is 25.9. The predicted octanol–water partition coefficient (Wildman–Crippen LogP) is 2.08. The van der Waals surface area contributed by atoms with Crippen molar-refractivity contribution >= 4 is 21.8 Å². The molecule has 0 radical (unpaired) electrons. The predicted molar refractivity (Wildman–Crippen MR) is 115 cm³/mol. The summed E-state index contributed by atoms with van der Waals surface area (Å²) in [6.07, 6.45) is 3.33. The second-order valence-corrected chi connectivity index (χ2v) is 9.50. The zero-order valence-corrected chi connectivity index (χ0v) is 18.1. The maximum atomic E-state index is 13.0. The van der Waals surface area contributed by atoms with Crippen molar-refractivity contribution < 1.29 is 22.7 Å². The van der Waals surface area contributed by atoms with E-state index in [1.165, 1.54) is 24.6 Å². The maximum absolute atomic E-state index is 13.0. The lowest BCUT2D eigenvalue weighted by molar-refractivity contribution is 0.0879. The quantitative estimate of drug-likeness (QED) is 0.635. The first-order chi connectivity index (χ1) is 14.9. The number of hydrogen-bond donors (Lipinski definition) is 2. The third-order valence-electron chi connectivity index (χ3n) is 5.82. The van der Waals surface area contributed by atoms with E-state index in [0.717, 1.165) is 37.2 Å². The van der Waals surface area contributed by atoms with Gasteiger partial charge in [0.1, 0.15) is 5.75 Å². The van der Waals surface area contributed by atoms with E-state index in [1.807, 2.05) is 24.3 Å². The first-order valence-corrected chi connectivity index (χ1v) is 11.7. The number of hydrogen-bond acceptors (Lipinski definition) is 6. The number of ether oxygens (including phenoxy) is 1. The van der Waals surface area contributed by atoms with Gasteiger partial charge in [-0.25, -0.2) is 13.1 Å². The molecule has 8 nitrogen and oxygen atoms in total. The lowest BCUT2D eigenvalue weighted by atomic mass is 10.0. The van der Waals surface area contributed by atoms with Gasteiger partial charge in [0.2, 0.25) is 10.0 Å². The fourth-order valence-corrected chi connectivity index (χ4v) is 5.16. The third kappa shape index (κ3) is 4.48. The van der Waals surface area contributed by atoms with Gasteiger partial charge in [-0.15, -0.1) is 0 Å². The molecular weight excluding hydrogens is 418 g/mol. The smallest absolute Gasteiger partial charge is 0.258 e. The van der Waals surface area contributed by atoms with Gasteiger partial charge in [0.25, 0.3) is 11.8 Å². The molecule has 1 atom stereocenters. The molecule has 0 saturated carbocycles. The SMILES string of the molecule is COc1ccc(C(CNS(=O)(=O)c2ccc3c(c2)C(=O)NC3=O)N2CCCCC2)cc1. The number of nitrogens with one attached hydrogen (secondary N) is 2. The minimum atomic E-state index is -3.87. The lowest BCUT2D eigenvalue weighted by Crippen LogP contribution is -2.40. The number of nitrogens with zero attached hydrogens (tertiary/aromatic N) is 1. The number of imide groups is 1. The Bertz CT molecular complexity index is 1090. The molecule has 1 fully saturated rings. The molecule has 0 bridgehead atoms. The molecule has 31 heavy (non-hydrogen) atoms. The number of amides is 2.